The molecule has 3 aromatic rings. The van der Waals surface area contributed by atoms with Crippen molar-refractivity contribution >= 4 is 5.91 Å². The van der Waals surface area contributed by atoms with Gasteiger partial charge in [-0.3, -0.25) is 4.79 Å². The van der Waals surface area contributed by atoms with Crippen LogP contribution in [0, 0.1) is 6.92 Å². The van der Waals surface area contributed by atoms with Crippen LogP contribution in [0.1, 0.15) is 15.9 Å². The third kappa shape index (κ3) is 3.04. The SMILES string of the molecule is Cc1cc[n+](NC(=O)c2ccccc2)c(-c2ccccc2)c1. The zero-order valence-electron chi connectivity index (χ0n) is 12.4. The highest BCUT2D eigenvalue weighted by atomic mass is 16.2. The minimum absolute atomic E-state index is 0.133. The molecule has 0 bridgehead atoms. The molecule has 0 saturated carbocycles. The third-order valence-corrected chi connectivity index (χ3v) is 3.44. The van der Waals surface area contributed by atoms with E-state index in [1.54, 1.807) is 16.8 Å². The number of rotatable bonds is 3. The first-order valence-electron chi connectivity index (χ1n) is 7.18. The van der Waals surface area contributed by atoms with E-state index in [9.17, 15) is 4.79 Å². The molecule has 0 spiro atoms. The van der Waals surface area contributed by atoms with Gasteiger partial charge in [0, 0.05) is 23.3 Å². The van der Waals surface area contributed by atoms with E-state index in [4.69, 9.17) is 0 Å². The van der Waals surface area contributed by atoms with Crippen molar-refractivity contribution in [3.8, 4) is 11.3 Å². The second-order valence-corrected chi connectivity index (χ2v) is 5.13. The van der Waals surface area contributed by atoms with Crippen LogP contribution in [0.15, 0.2) is 79.0 Å². The Kier molecular flexibility index (Phi) is 3.97. The molecule has 22 heavy (non-hydrogen) atoms. The Morgan fingerprint density at radius 2 is 1.55 bits per heavy atom. The van der Waals surface area contributed by atoms with Gasteiger partial charge in [0.25, 0.3) is 0 Å². The molecular weight excluding hydrogens is 272 g/mol. The number of carbonyl (C=O) groups excluding carboxylic acids is 1. The first-order chi connectivity index (χ1) is 10.7. The first-order valence-corrected chi connectivity index (χ1v) is 7.18. The van der Waals surface area contributed by atoms with Gasteiger partial charge in [-0.2, -0.15) is 0 Å². The van der Waals surface area contributed by atoms with Crippen molar-refractivity contribution in [3.05, 3.63) is 90.1 Å². The topological polar surface area (TPSA) is 33.0 Å². The smallest absolute Gasteiger partial charge is 0.264 e. The summed E-state index contributed by atoms with van der Waals surface area (Å²) in [6, 6.07) is 23.2. The first kappa shape index (κ1) is 14.0. The highest BCUT2D eigenvalue weighted by molar-refractivity contribution is 5.98. The number of hydrogen-bond donors (Lipinski definition) is 1. The maximum Gasteiger partial charge on any atom is 0.305 e. The van der Waals surface area contributed by atoms with Gasteiger partial charge in [-0.1, -0.05) is 41.1 Å². The van der Waals surface area contributed by atoms with Crippen LogP contribution in [-0.2, 0) is 0 Å². The molecule has 0 aliphatic carbocycles. The van der Waals surface area contributed by atoms with Crippen molar-refractivity contribution in [2.24, 2.45) is 0 Å². The Bertz CT molecular complexity index is 783. The Balaban J connectivity index is 1.96. The van der Waals surface area contributed by atoms with Gasteiger partial charge < -0.3 is 0 Å². The summed E-state index contributed by atoms with van der Waals surface area (Å²) in [4.78, 5) is 12.4. The highest BCUT2D eigenvalue weighted by Crippen LogP contribution is 2.15. The van der Waals surface area contributed by atoms with E-state index >= 15 is 0 Å². The van der Waals surface area contributed by atoms with Gasteiger partial charge in [0.1, 0.15) is 0 Å². The molecule has 0 atom stereocenters. The number of benzene rings is 2. The molecule has 0 saturated heterocycles. The Morgan fingerprint density at radius 3 is 2.23 bits per heavy atom. The maximum atomic E-state index is 12.4. The molecule has 3 heteroatoms. The lowest BCUT2D eigenvalue weighted by Gasteiger charge is -2.05. The van der Waals surface area contributed by atoms with Gasteiger partial charge in [0.05, 0.1) is 0 Å². The van der Waals surface area contributed by atoms with Crippen LogP contribution >= 0.6 is 0 Å². The summed E-state index contributed by atoms with van der Waals surface area (Å²) in [6.45, 7) is 2.04. The molecule has 1 N–H and O–H groups in total. The molecule has 1 heterocycles. The molecule has 1 amide bonds. The molecular formula is C19H17N2O+. The van der Waals surface area contributed by atoms with Crippen molar-refractivity contribution in [2.75, 3.05) is 5.43 Å². The molecule has 1 aromatic heterocycles. The molecule has 0 unspecified atom stereocenters. The number of hydrogen-bond acceptors (Lipinski definition) is 1. The number of pyridine rings is 1. The number of nitrogens with one attached hydrogen (secondary N) is 1. The standard InChI is InChI=1S/C19H16N2O/c1-15-12-13-21(18(14-15)16-8-4-2-5-9-16)20-19(22)17-10-6-3-7-11-17/h2-14H,1H3/p+1. The maximum absolute atomic E-state index is 12.4. The Labute approximate surface area is 129 Å². The Morgan fingerprint density at radius 1 is 0.909 bits per heavy atom. The van der Waals surface area contributed by atoms with E-state index in [0.29, 0.717) is 5.56 Å². The van der Waals surface area contributed by atoms with E-state index in [1.807, 2.05) is 67.7 Å². The fourth-order valence-electron chi connectivity index (χ4n) is 2.30. The van der Waals surface area contributed by atoms with Crippen molar-refractivity contribution < 1.29 is 9.47 Å². The minimum Gasteiger partial charge on any atom is -0.264 e. The van der Waals surface area contributed by atoms with Gasteiger partial charge in [0.2, 0.25) is 11.9 Å². The quantitative estimate of drug-likeness (QED) is 0.737. The second kappa shape index (κ2) is 6.22. The number of aryl methyl sites for hydroxylation is 1. The third-order valence-electron chi connectivity index (χ3n) is 3.44. The second-order valence-electron chi connectivity index (χ2n) is 5.13. The van der Waals surface area contributed by atoms with Crippen LogP contribution in [0.5, 0.6) is 0 Å². The van der Waals surface area contributed by atoms with E-state index in [0.717, 1.165) is 16.8 Å². The van der Waals surface area contributed by atoms with Gasteiger partial charge in [0.15, 0.2) is 0 Å². The van der Waals surface area contributed by atoms with E-state index in [1.165, 1.54) is 0 Å². The summed E-state index contributed by atoms with van der Waals surface area (Å²) in [5.41, 5.74) is 6.71. The zero-order valence-corrected chi connectivity index (χ0v) is 12.4. The summed E-state index contributed by atoms with van der Waals surface area (Å²) < 4.78 is 1.76. The van der Waals surface area contributed by atoms with Gasteiger partial charge >= 0.3 is 5.91 Å². The largest absolute Gasteiger partial charge is 0.305 e. The lowest BCUT2D eigenvalue weighted by molar-refractivity contribution is -0.630. The summed E-state index contributed by atoms with van der Waals surface area (Å²) in [7, 11) is 0. The average molecular weight is 289 g/mol. The van der Waals surface area contributed by atoms with Crippen molar-refractivity contribution in [1.82, 2.24) is 0 Å². The molecule has 3 nitrogen and oxygen atoms in total. The highest BCUT2D eigenvalue weighted by Gasteiger charge is 2.17. The van der Waals surface area contributed by atoms with E-state index in [-0.39, 0.29) is 5.91 Å². The van der Waals surface area contributed by atoms with Crippen LogP contribution in [-0.4, -0.2) is 5.91 Å². The van der Waals surface area contributed by atoms with Crippen molar-refractivity contribution in [3.63, 3.8) is 0 Å². The summed E-state index contributed by atoms with van der Waals surface area (Å²) in [5, 5.41) is 0. The van der Waals surface area contributed by atoms with Crippen LogP contribution in [0.3, 0.4) is 0 Å². The number of nitrogens with zero attached hydrogens (tertiary/aromatic N) is 1. The fourth-order valence-corrected chi connectivity index (χ4v) is 2.30. The fraction of sp³-hybridized carbons (Fsp3) is 0.0526. The normalized spacial score (nSPS) is 10.2. The predicted molar refractivity (Wildman–Crippen MR) is 86.9 cm³/mol. The van der Waals surface area contributed by atoms with Gasteiger partial charge in [-0.15, -0.1) is 5.43 Å². The molecule has 108 valence electrons. The molecule has 0 fully saturated rings. The average Bonchev–Trinajstić information content (AvgIpc) is 2.58. The van der Waals surface area contributed by atoms with Crippen LogP contribution < -0.4 is 10.1 Å². The number of aromatic nitrogens is 1. The minimum atomic E-state index is -0.133. The van der Waals surface area contributed by atoms with Gasteiger partial charge in [-0.05, 0) is 36.8 Å². The van der Waals surface area contributed by atoms with E-state index < -0.39 is 0 Å². The van der Waals surface area contributed by atoms with Crippen LogP contribution in [0.25, 0.3) is 11.3 Å². The summed E-state index contributed by atoms with van der Waals surface area (Å²) in [5.74, 6) is -0.133. The lowest BCUT2D eigenvalue weighted by atomic mass is 10.1. The molecule has 0 aliphatic rings. The Hall–Kier alpha value is -2.94. The molecule has 0 aliphatic heterocycles. The molecule has 3 rings (SSSR count). The summed E-state index contributed by atoms with van der Waals surface area (Å²) in [6.07, 6.45) is 1.87. The van der Waals surface area contributed by atoms with Crippen LogP contribution in [0.2, 0.25) is 0 Å². The molecule has 0 radical (unpaired) electrons. The number of carbonyl (C=O) groups is 1. The van der Waals surface area contributed by atoms with Crippen molar-refractivity contribution in [2.45, 2.75) is 6.92 Å². The zero-order chi connectivity index (χ0) is 15.4. The van der Waals surface area contributed by atoms with E-state index in [2.05, 4.69) is 11.5 Å². The van der Waals surface area contributed by atoms with Crippen LogP contribution in [0.4, 0.5) is 0 Å². The lowest BCUT2D eigenvalue weighted by Crippen LogP contribution is -2.49. The molecule has 2 aromatic carbocycles. The van der Waals surface area contributed by atoms with Gasteiger partial charge in [-0.25, -0.2) is 0 Å². The number of amides is 1. The predicted octanol–water partition coefficient (Wildman–Crippen LogP) is 3.33. The summed E-state index contributed by atoms with van der Waals surface area (Å²) >= 11 is 0. The monoisotopic (exact) mass is 289 g/mol. The van der Waals surface area contributed by atoms with Crippen molar-refractivity contribution in [1.29, 1.82) is 0 Å².